The molecule has 1 heterocycles. The topological polar surface area (TPSA) is 67.3 Å². The lowest BCUT2D eigenvalue weighted by Crippen LogP contribution is -2.28. The van der Waals surface area contributed by atoms with Gasteiger partial charge in [0, 0.05) is 39.2 Å². The zero-order valence-electron chi connectivity index (χ0n) is 9.69. The zero-order valence-corrected chi connectivity index (χ0v) is 10.5. The van der Waals surface area contributed by atoms with E-state index in [2.05, 4.69) is 14.7 Å². The molecule has 1 aromatic rings. The molecule has 0 aliphatic rings. The summed E-state index contributed by atoms with van der Waals surface area (Å²) in [4.78, 5) is 17.0. The van der Waals surface area contributed by atoms with Gasteiger partial charge in [-0.3, -0.25) is 4.79 Å². The number of likely N-dealkylation sites (N-methyl/N-ethyl adjacent to an activating group) is 1. The maximum absolute atomic E-state index is 11.3. The lowest BCUT2D eigenvalue weighted by molar-refractivity contribution is -0.126. The molecule has 1 amide bonds. The van der Waals surface area contributed by atoms with Gasteiger partial charge in [-0.1, -0.05) is 0 Å². The highest BCUT2D eigenvalue weighted by molar-refractivity contribution is 7.09. The summed E-state index contributed by atoms with van der Waals surface area (Å²) in [5, 5.41) is 3.60. The van der Waals surface area contributed by atoms with Gasteiger partial charge in [0.15, 0.2) is 0 Å². The van der Waals surface area contributed by atoms with Crippen molar-refractivity contribution in [1.82, 2.24) is 14.3 Å². The van der Waals surface area contributed by atoms with Crippen LogP contribution in [-0.2, 0) is 16.0 Å². The summed E-state index contributed by atoms with van der Waals surface area (Å²) in [6.07, 6.45) is 0.691. The predicted octanol–water partition coefficient (Wildman–Crippen LogP) is 0.227. The first-order chi connectivity index (χ1) is 7.63. The van der Waals surface area contributed by atoms with E-state index in [-0.39, 0.29) is 12.5 Å². The highest BCUT2D eigenvalue weighted by atomic mass is 32.1. The van der Waals surface area contributed by atoms with E-state index in [0.717, 1.165) is 5.82 Å². The van der Waals surface area contributed by atoms with E-state index in [1.807, 2.05) is 0 Å². The summed E-state index contributed by atoms with van der Waals surface area (Å²) in [6.45, 7) is 0.846. The fourth-order valence-corrected chi connectivity index (χ4v) is 1.54. The van der Waals surface area contributed by atoms with Gasteiger partial charge in [-0.2, -0.15) is 4.37 Å². The Hall–Kier alpha value is -1.21. The molecule has 1 aromatic heterocycles. The van der Waals surface area contributed by atoms with Crippen LogP contribution in [0.3, 0.4) is 0 Å². The Morgan fingerprint density at radius 3 is 2.94 bits per heavy atom. The van der Waals surface area contributed by atoms with Gasteiger partial charge >= 0.3 is 0 Å². The van der Waals surface area contributed by atoms with Crippen molar-refractivity contribution in [2.45, 2.75) is 6.42 Å². The fraction of sp³-hybridized carbons (Fsp3) is 0.667. The number of carbonyl (C=O) groups is 1. The van der Waals surface area contributed by atoms with Crippen molar-refractivity contribution in [1.29, 1.82) is 0 Å². The first-order valence-electron chi connectivity index (χ1n) is 4.89. The van der Waals surface area contributed by atoms with E-state index >= 15 is 0 Å². The number of amides is 1. The van der Waals surface area contributed by atoms with E-state index < -0.39 is 0 Å². The number of rotatable bonds is 6. The molecule has 0 aromatic carbocycles. The van der Waals surface area contributed by atoms with Crippen molar-refractivity contribution in [3.63, 3.8) is 0 Å². The lowest BCUT2D eigenvalue weighted by Gasteiger charge is -2.09. The van der Waals surface area contributed by atoms with Gasteiger partial charge in [0.2, 0.25) is 11.0 Å². The second kappa shape index (κ2) is 6.39. The smallest absolute Gasteiger partial charge is 0.241 e. The van der Waals surface area contributed by atoms with Crippen LogP contribution in [-0.4, -0.2) is 54.5 Å². The Bertz CT molecular complexity index is 340. The largest absolute Gasteiger partial charge is 0.384 e. The standard InChI is InChI=1S/C9H16N4O2S/c1-13(2)8(14)6-10-9-11-7(12-16-9)4-5-15-3/h4-6H2,1-3H3,(H,10,11,12). The van der Waals surface area contributed by atoms with Gasteiger partial charge in [0.05, 0.1) is 13.2 Å². The predicted molar refractivity (Wildman–Crippen MR) is 62.7 cm³/mol. The van der Waals surface area contributed by atoms with Crippen molar-refractivity contribution < 1.29 is 9.53 Å². The number of nitrogens with zero attached hydrogens (tertiary/aromatic N) is 3. The molecule has 0 saturated heterocycles. The Morgan fingerprint density at radius 1 is 1.56 bits per heavy atom. The third kappa shape index (κ3) is 4.11. The van der Waals surface area contributed by atoms with Gasteiger partial charge in [0.1, 0.15) is 5.82 Å². The van der Waals surface area contributed by atoms with Crippen LogP contribution in [0, 0.1) is 0 Å². The highest BCUT2D eigenvalue weighted by Gasteiger charge is 2.07. The van der Waals surface area contributed by atoms with Crippen LogP contribution in [0.2, 0.25) is 0 Å². The number of carbonyl (C=O) groups excluding carboxylic acids is 1. The summed E-state index contributed by atoms with van der Waals surface area (Å²) >= 11 is 1.26. The third-order valence-electron chi connectivity index (χ3n) is 1.89. The van der Waals surface area contributed by atoms with E-state index in [1.54, 1.807) is 21.2 Å². The Labute approximate surface area is 98.8 Å². The number of nitrogens with one attached hydrogen (secondary N) is 1. The number of hydrogen-bond donors (Lipinski definition) is 1. The molecule has 0 aliphatic heterocycles. The minimum Gasteiger partial charge on any atom is -0.384 e. The molecule has 0 spiro atoms. The van der Waals surface area contributed by atoms with Crippen LogP contribution >= 0.6 is 11.5 Å². The summed E-state index contributed by atoms with van der Waals surface area (Å²) in [6, 6.07) is 0. The maximum Gasteiger partial charge on any atom is 0.241 e. The molecule has 1 rings (SSSR count). The first-order valence-corrected chi connectivity index (χ1v) is 5.66. The molecule has 0 radical (unpaired) electrons. The number of methoxy groups -OCH3 is 1. The molecule has 0 bridgehead atoms. The zero-order chi connectivity index (χ0) is 12.0. The van der Waals surface area contributed by atoms with Crippen LogP contribution < -0.4 is 5.32 Å². The van der Waals surface area contributed by atoms with E-state index in [4.69, 9.17) is 4.74 Å². The van der Waals surface area contributed by atoms with Crippen molar-refractivity contribution in [2.24, 2.45) is 0 Å². The molecule has 6 nitrogen and oxygen atoms in total. The van der Waals surface area contributed by atoms with Crippen molar-refractivity contribution in [3.05, 3.63) is 5.82 Å². The number of ether oxygens (including phenoxy) is 1. The summed E-state index contributed by atoms with van der Waals surface area (Å²) in [5.41, 5.74) is 0. The summed E-state index contributed by atoms with van der Waals surface area (Å²) in [7, 11) is 5.07. The molecule has 0 saturated carbocycles. The summed E-state index contributed by atoms with van der Waals surface area (Å²) < 4.78 is 9.07. The van der Waals surface area contributed by atoms with Gasteiger partial charge in [0.25, 0.3) is 0 Å². The molecule has 0 fully saturated rings. The Balaban J connectivity index is 2.37. The van der Waals surface area contributed by atoms with Crippen LogP contribution in [0.25, 0.3) is 0 Å². The molecular weight excluding hydrogens is 228 g/mol. The molecule has 16 heavy (non-hydrogen) atoms. The average molecular weight is 244 g/mol. The van der Waals surface area contributed by atoms with Gasteiger partial charge in [-0.15, -0.1) is 0 Å². The lowest BCUT2D eigenvalue weighted by atomic mass is 10.4. The number of aromatic nitrogens is 2. The Morgan fingerprint density at radius 2 is 2.31 bits per heavy atom. The maximum atomic E-state index is 11.3. The van der Waals surface area contributed by atoms with Crippen LogP contribution in [0.5, 0.6) is 0 Å². The molecule has 7 heteroatoms. The van der Waals surface area contributed by atoms with Crippen LogP contribution in [0.4, 0.5) is 5.13 Å². The number of hydrogen-bond acceptors (Lipinski definition) is 6. The quantitative estimate of drug-likeness (QED) is 0.775. The summed E-state index contributed by atoms with van der Waals surface area (Å²) in [5.74, 6) is 0.750. The van der Waals surface area contributed by atoms with Gasteiger partial charge in [-0.25, -0.2) is 4.98 Å². The highest BCUT2D eigenvalue weighted by Crippen LogP contribution is 2.10. The monoisotopic (exact) mass is 244 g/mol. The average Bonchev–Trinajstić information content (AvgIpc) is 2.70. The first kappa shape index (κ1) is 12.9. The van der Waals surface area contributed by atoms with Crippen molar-refractivity contribution in [3.8, 4) is 0 Å². The van der Waals surface area contributed by atoms with Crippen molar-refractivity contribution in [2.75, 3.05) is 39.7 Å². The molecule has 90 valence electrons. The third-order valence-corrected chi connectivity index (χ3v) is 2.60. The minimum absolute atomic E-state index is 0.00800. The van der Waals surface area contributed by atoms with E-state index in [0.29, 0.717) is 18.2 Å². The second-order valence-corrected chi connectivity index (χ2v) is 4.15. The van der Waals surface area contributed by atoms with Crippen LogP contribution in [0.15, 0.2) is 0 Å². The minimum atomic E-state index is 0.00800. The fourth-order valence-electron chi connectivity index (χ4n) is 0.930. The normalized spacial score (nSPS) is 10.2. The molecule has 0 aliphatic carbocycles. The molecule has 0 atom stereocenters. The number of anilines is 1. The molecular formula is C9H16N4O2S. The van der Waals surface area contributed by atoms with Gasteiger partial charge in [-0.05, 0) is 0 Å². The second-order valence-electron chi connectivity index (χ2n) is 3.40. The Kier molecular flexibility index (Phi) is 5.13. The van der Waals surface area contributed by atoms with Crippen molar-refractivity contribution >= 4 is 22.6 Å². The van der Waals surface area contributed by atoms with E-state index in [9.17, 15) is 4.79 Å². The van der Waals surface area contributed by atoms with E-state index in [1.165, 1.54) is 16.4 Å². The van der Waals surface area contributed by atoms with Crippen LogP contribution in [0.1, 0.15) is 5.82 Å². The molecule has 1 N–H and O–H groups in total. The van der Waals surface area contributed by atoms with Gasteiger partial charge < -0.3 is 15.0 Å². The molecule has 0 unspecified atom stereocenters. The SMILES string of the molecule is COCCc1nsc(NCC(=O)N(C)C)n1.